The summed E-state index contributed by atoms with van der Waals surface area (Å²) in [4.78, 5) is 43.7. The molecule has 1 rings (SSSR count). The third-order valence-electron chi connectivity index (χ3n) is 3.22. The molecule has 0 aliphatic heterocycles. The number of aryl methyl sites for hydroxylation is 1. The lowest BCUT2D eigenvalue weighted by molar-refractivity contribution is -0.486. The van der Waals surface area contributed by atoms with E-state index in [4.69, 9.17) is 18.6 Å². The molecule has 1 aromatic rings. The molecule has 0 saturated heterocycles. The summed E-state index contributed by atoms with van der Waals surface area (Å²) >= 11 is 0. The number of carbonyl (C=O) groups is 3. The maximum absolute atomic E-state index is 11.5. The molecule has 0 saturated carbocycles. The van der Waals surface area contributed by atoms with Crippen LogP contribution in [0.1, 0.15) is 31.3 Å². The van der Waals surface area contributed by atoms with Gasteiger partial charge < -0.3 is 18.6 Å². The molecule has 0 aliphatic rings. The summed E-state index contributed by atoms with van der Waals surface area (Å²) in [5.41, 5.74) is 0. The number of hydrogen-bond acceptors (Lipinski definition) is 9. The number of rotatable bonds is 10. The first-order chi connectivity index (χ1) is 11.7. The molecule has 0 unspecified atom stereocenters. The number of nitro groups is 1. The third-order valence-corrected chi connectivity index (χ3v) is 3.22. The van der Waals surface area contributed by atoms with Gasteiger partial charge >= 0.3 is 11.9 Å². The van der Waals surface area contributed by atoms with E-state index in [2.05, 4.69) is 0 Å². The number of furan rings is 1. The Bertz CT molecular complexity index is 624. The van der Waals surface area contributed by atoms with Crippen molar-refractivity contribution in [1.82, 2.24) is 0 Å². The molecule has 0 spiro atoms. The fraction of sp³-hybridized carbons (Fsp3) is 0.533. The van der Waals surface area contributed by atoms with Crippen molar-refractivity contribution in [3.05, 3.63) is 33.8 Å². The van der Waals surface area contributed by atoms with Crippen LogP contribution in [0.25, 0.3) is 0 Å². The number of hydrogen-bond donors (Lipinski definition) is 0. The van der Waals surface area contributed by atoms with Crippen molar-refractivity contribution >= 4 is 18.4 Å². The van der Waals surface area contributed by atoms with Crippen LogP contribution in [0.3, 0.4) is 0 Å². The van der Waals surface area contributed by atoms with Crippen molar-refractivity contribution in [3.63, 3.8) is 0 Å². The summed E-state index contributed by atoms with van der Waals surface area (Å²) in [5, 5.41) is 11.1. The second kappa shape index (κ2) is 9.40. The summed E-state index contributed by atoms with van der Waals surface area (Å²) in [6.45, 7) is 2.90. The minimum Gasteiger partial charge on any atom is -0.466 e. The van der Waals surface area contributed by atoms with Crippen LogP contribution in [0.15, 0.2) is 16.5 Å². The van der Waals surface area contributed by atoms with Crippen LogP contribution in [0.5, 0.6) is 0 Å². The Hall–Kier alpha value is -2.91. The van der Waals surface area contributed by atoms with Crippen molar-refractivity contribution in [2.45, 2.75) is 38.9 Å². The molecule has 10 nitrogen and oxygen atoms in total. The normalized spacial score (nSPS) is 14.0. The molecule has 0 fully saturated rings. The molecule has 0 aliphatic carbocycles. The Morgan fingerprint density at radius 1 is 1.32 bits per heavy atom. The Balaban J connectivity index is 3.22. The molecule has 0 bridgehead atoms. The van der Waals surface area contributed by atoms with Crippen LogP contribution in [-0.2, 0) is 28.6 Å². The van der Waals surface area contributed by atoms with E-state index < -0.39 is 48.1 Å². The molecule has 0 radical (unpaired) electrons. The second-order valence-corrected chi connectivity index (χ2v) is 5.22. The van der Waals surface area contributed by atoms with Gasteiger partial charge in [0.2, 0.25) is 6.54 Å². The molecule has 3 atom stereocenters. The smallest absolute Gasteiger partial charge is 0.303 e. The molecular formula is C15H19NO9. The average Bonchev–Trinajstić information content (AvgIpc) is 2.93. The van der Waals surface area contributed by atoms with Crippen LogP contribution in [0, 0.1) is 17.0 Å². The average molecular weight is 357 g/mol. The highest BCUT2D eigenvalue weighted by Crippen LogP contribution is 2.28. The lowest BCUT2D eigenvalue weighted by Crippen LogP contribution is -2.43. The molecule has 138 valence electrons. The molecule has 25 heavy (non-hydrogen) atoms. The number of ether oxygens (including phenoxy) is 3. The van der Waals surface area contributed by atoms with Crippen LogP contribution in [-0.4, -0.2) is 48.7 Å². The summed E-state index contributed by atoms with van der Waals surface area (Å²) in [6, 6.07) is 3.10. The highest BCUT2D eigenvalue weighted by atomic mass is 16.6. The van der Waals surface area contributed by atoms with Crippen molar-refractivity contribution in [2.24, 2.45) is 0 Å². The van der Waals surface area contributed by atoms with E-state index in [1.807, 2.05) is 0 Å². The van der Waals surface area contributed by atoms with Crippen molar-refractivity contribution in [3.8, 4) is 0 Å². The van der Waals surface area contributed by atoms with Crippen LogP contribution in [0.4, 0.5) is 0 Å². The molecule has 0 aromatic carbocycles. The summed E-state index contributed by atoms with van der Waals surface area (Å²) in [7, 11) is 0. The Kier molecular flexibility index (Phi) is 7.57. The minimum absolute atomic E-state index is 0.0846. The molecule has 1 heterocycles. The zero-order valence-electron chi connectivity index (χ0n) is 14.0. The van der Waals surface area contributed by atoms with Gasteiger partial charge in [0, 0.05) is 18.8 Å². The van der Waals surface area contributed by atoms with Crippen LogP contribution >= 0.6 is 0 Å². The van der Waals surface area contributed by atoms with E-state index in [9.17, 15) is 24.5 Å². The zero-order chi connectivity index (χ0) is 19.0. The lowest BCUT2D eigenvalue weighted by atomic mass is 9.95. The number of esters is 2. The van der Waals surface area contributed by atoms with Gasteiger partial charge in [-0.1, -0.05) is 0 Å². The first-order valence-electron chi connectivity index (χ1n) is 7.32. The van der Waals surface area contributed by atoms with E-state index in [1.54, 1.807) is 13.0 Å². The molecule has 0 amide bonds. The lowest BCUT2D eigenvalue weighted by Gasteiger charge is -2.28. The summed E-state index contributed by atoms with van der Waals surface area (Å²) in [6.07, 6.45) is -2.52. The van der Waals surface area contributed by atoms with Crippen LogP contribution in [0.2, 0.25) is 0 Å². The number of nitrogens with zero attached hydrogens (tertiary/aromatic N) is 1. The largest absolute Gasteiger partial charge is 0.466 e. The predicted octanol–water partition coefficient (Wildman–Crippen LogP) is 0.985. The van der Waals surface area contributed by atoms with Crippen LogP contribution < -0.4 is 0 Å². The third kappa shape index (κ3) is 6.61. The van der Waals surface area contributed by atoms with E-state index >= 15 is 0 Å². The first kappa shape index (κ1) is 20.1. The van der Waals surface area contributed by atoms with Gasteiger partial charge in [-0.25, -0.2) is 0 Å². The quantitative estimate of drug-likeness (QED) is 0.197. The van der Waals surface area contributed by atoms with Crippen molar-refractivity contribution < 1.29 is 37.9 Å². The van der Waals surface area contributed by atoms with Gasteiger partial charge in [-0.2, -0.15) is 0 Å². The summed E-state index contributed by atoms with van der Waals surface area (Å²) < 4.78 is 20.2. The molecular weight excluding hydrogens is 338 g/mol. The zero-order valence-corrected chi connectivity index (χ0v) is 14.0. The van der Waals surface area contributed by atoms with Gasteiger partial charge in [0.1, 0.15) is 24.0 Å². The first-order valence-corrected chi connectivity index (χ1v) is 7.32. The van der Waals surface area contributed by atoms with Gasteiger partial charge in [0.25, 0.3) is 6.47 Å². The Morgan fingerprint density at radius 3 is 2.44 bits per heavy atom. The van der Waals surface area contributed by atoms with Gasteiger partial charge in [-0.3, -0.25) is 24.5 Å². The highest BCUT2D eigenvalue weighted by Gasteiger charge is 2.40. The molecule has 1 aromatic heterocycles. The van der Waals surface area contributed by atoms with Gasteiger partial charge in [0.15, 0.2) is 12.2 Å². The predicted molar refractivity (Wildman–Crippen MR) is 81.2 cm³/mol. The van der Waals surface area contributed by atoms with Crippen molar-refractivity contribution in [2.75, 3.05) is 13.2 Å². The topological polar surface area (TPSA) is 135 Å². The molecule has 10 heteroatoms. The van der Waals surface area contributed by atoms with Gasteiger partial charge in [-0.15, -0.1) is 0 Å². The monoisotopic (exact) mass is 357 g/mol. The maximum atomic E-state index is 11.5. The van der Waals surface area contributed by atoms with E-state index in [-0.39, 0.29) is 12.2 Å². The van der Waals surface area contributed by atoms with E-state index in [1.165, 1.54) is 6.07 Å². The van der Waals surface area contributed by atoms with E-state index in [0.29, 0.717) is 5.76 Å². The summed E-state index contributed by atoms with van der Waals surface area (Å²) in [5.74, 6) is -1.77. The standard InChI is InChI=1S/C15H19NO9/c1-9-4-5-13(24-9)12(6-16(20)21)15(25-11(3)19)14(23-8-17)7-22-10(2)18/h4-5,8,12,14-15H,6-7H2,1-3H3/t12-,14+,15-/m0/s1. The van der Waals surface area contributed by atoms with Crippen molar-refractivity contribution in [1.29, 1.82) is 0 Å². The fourth-order valence-electron chi connectivity index (χ4n) is 2.26. The Morgan fingerprint density at radius 2 is 2.00 bits per heavy atom. The highest BCUT2D eigenvalue weighted by molar-refractivity contribution is 5.66. The Labute approximate surface area is 143 Å². The minimum atomic E-state index is -1.28. The maximum Gasteiger partial charge on any atom is 0.303 e. The van der Waals surface area contributed by atoms with E-state index in [0.717, 1.165) is 13.8 Å². The fourth-order valence-corrected chi connectivity index (χ4v) is 2.26. The molecule has 0 N–H and O–H groups in total. The SMILES string of the molecule is CC(=O)OC[C@@H](OC=O)[C@@H](OC(C)=O)[C@@H](C[N+](=O)[O-])c1ccc(C)o1. The van der Waals surface area contributed by atoms with Gasteiger partial charge in [-0.05, 0) is 19.1 Å². The second-order valence-electron chi connectivity index (χ2n) is 5.22. The number of carbonyl (C=O) groups excluding carboxylic acids is 3. The van der Waals surface area contributed by atoms with Gasteiger partial charge in [0.05, 0.1) is 0 Å².